The van der Waals surface area contributed by atoms with Crippen LogP contribution in [0.25, 0.3) is 0 Å². The number of carbonyl (C=O) groups excluding carboxylic acids is 2. The van der Waals surface area contributed by atoms with Crippen molar-refractivity contribution in [2.45, 2.75) is 31.2 Å². The number of carbonyl (C=O) groups is 2. The Morgan fingerprint density at radius 2 is 1.36 bits per heavy atom. The molecule has 3 nitrogen and oxygen atoms in total. The van der Waals surface area contributed by atoms with Crippen LogP contribution in [-0.4, -0.2) is 22.8 Å². The van der Waals surface area contributed by atoms with Gasteiger partial charge in [0, 0.05) is 12.0 Å². The second kappa shape index (κ2) is 5.09. The van der Waals surface area contributed by atoms with Crippen molar-refractivity contribution in [1.82, 2.24) is 4.90 Å². The molecule has 4 rings (SSSR count). The molecule has 3 heteroatoms. The molecule has 1 heterocycles. The van der Waals surface area contributed by atoms with Gasteiger partial charge in [-0.15, -0.1) is 0 Å². The second-order valence-corrected chi connectivity index (χ2v) is 6.04. The smallest absolute Gasteiger partial charge is 0.261 e. The summed E-state index contributed by atoms with van der Waals surface area (Å²) in [5, 5.41) is 0. The van der Waals surface area contributed by atoms with Crippen LogP contribution in [0.1, 0.15) is 51.5 Å². The molecule has 0 saturated heterocycles. The summed E-state index contributed by atoms with van der Waals surface area (Å²) in [5.74, 6) is -0.00901. The van der Waals surface area contributed by atoms with Gasteiger partial charge in [-0.25, -0.2) is 0 Å². The minimum absolute atomic E-state index is 0.0187. The largest absolute Gasteiger partial charge is 0.271 e. The first-order valence-electron chi connectivity index (χ1n) is 7.79. The predicted molar refractivity (Wildman–Crippen MR) is 83.8 cm³/mol. The van der Waals surface area contributed by atoms with E-state index < -0.39 is 0 Å². The van der Waals surface area contributed by atoms with Gasteiger partial charge in [-0.3, -0.25) is 14.5 Å². The van der Waals surface area contributed by atoms with Crippen molar-refractivity contribution in [3.8, 4) is 0 Å². The van der Waals surface area contributed by atoms with Crippen LogP contribution in [0, 0.1) is 0 Å². The average Bonchev–Trinajstić information content (AvgIpc) is 3.13. The van der Waals surface area contributed by atoms with Gasteiger partial charge < -0.3 is 0 Å². The number of hydrogen-bond donors (Lipinski definition) is 0. The monoisotopic (exact) mass is 291 g/mol. The molecule has 2 aromatic rings. The van der Waals surface area contributed by atoms with E-state index >= 15 is 0 Å². The van der Waals surface area contributed by atoms with Crippen molar-refractivity contribution in [2.24, 2.45) is 0 Å². The van der Waals surface area contributed by atoms with Crippen molar-refractivity contribution in [3.63, 3.8) is 0 Å². The zero-order chi connectivity index (χ0) is 15.1. The summed E-state index contributed by atoms with van der Waals surface area (Å²) in [6.45, 7) is 0. The van der Waals surface area contributed by atoms with E-state index in [0.29, 0.717) is 11.1 Å². The maximum atomic E-state index is 12.7. The van der Waals surface area contributed by atoms with Crippen LogP contribution in [0.4, 0.5) is 0 Å². The van der Waals surface area contributed by atoms with Crippen molar-refractivity contribution >= 4 is 11.8 Å². The molecule has 0 radical (unpaired) electrons. The third-order valence-corrected chi connectivity index (χ3v) is 4.86. The molecule has 0 N–H and O–H groups in total. The summed E-state index contributed by atoms with van der Waals surface area (Å²) in [6, 6.07) is 17.4. The van der Waals surface area contributed by atoms with E-state index in [4.69, 9.17) is 0 Å². The Morgan fingerprint density at radius 3 is 2.00 bits per heavy atom. The van der Waals surface area contributed by atoms with Gasteiger partial charge in [-0.1, -0.05) is 48.9 Å². The molecule has 1 aliphatic heterocycles. The summed E-state index contributed by atoms with van der Waals surface area (Å²) in [7, 11) is 0. The van der Waals surface area contributed by atoms with Crippen molar-refractivity contribution in [2.75, 3.05) is 0 Å². The number of nitrogens with zero attached hydrogens (tertiary/aromatic N) is 1. The fourth-order valence-electron chi connectivity index (χ4n) is 3.85. The Kier molecular flexibility index (Phi) is 3.07. The lowest BCUT2D eigenvalue weighted by Crippen LogP contribution is -2.41. The third kappa shape index (κ3) is 1.89. The zero-order valence-corrected chi connectivity index (χ0v) is 12.2. The Labute approximate surface area is 129 Å². The number of rotatable bonds is 2. The Morgan fingerprint density at radius 1 is 0.773 bits per heavy atom. The van der Waals surface area contributed by atoms with E-state index in [1.165, 1.54) is 10.5 Å². The topological polar surface area (TPSA) is 37.4 Å². The van der Waals surface area contributed by atoms with Crippen molar-refractivity contribution in [1.29, 1.82) is 0 Å². The summed E-state index contributed by atoms with van der Waals surface area (Å²) in [4.78, 5) is 26.9. The maximum Gasteiger partial charge on any atom is 0.261 e. The van der Waals surface area contributed by atoms with Crippen molar-refractivity contribution in [3.05, 3.63) is 71.3 Å². The molecule has 1 aliphatic carbocycles. The Balaban J connectivity index is 1.71. The summed E-state index contributed by atoms with van der Waals surface area (Å²) in [6.07, 6.45) is 2.98. The zero-order valence-electron chi connectivity index (χ0n) is 12.2. The van der Waals surface area contributed by atoms with Crippen LogP contribution in [-0.2, 0) is 0 Å². The van der Waals surface area contributed by atoms with E-state index in [1.807, 2.05) is 30.3 Å². The van der Waals surface area contributed by atoms with Gasteiger partial charge in [0.05, 0.1) is 11.1 Å². The highest BCUT2D eigenvalue weighted by Gasteiger charge is 2.44. The second-order valence-electron chi connectivity index (χ2n) is 6.04. The lowest BCUT2D eigenvalue weighted by molar-refractivity contribution is 0.0574. The van der Waals surface area contributed by atoms with Crippen molar-refractivity contribution < 1.29 is 9.59 Å². The van der Waals surface area contributed by atoms with Gasteiger partial charge >= 0.3 is 0 Å². The number of fused-ring (bicyclic) bond motifs is 1. The SMILES string of the molecule is O=C1c2ccccc2C(=O)N1[C@@H]1CCC[C@@H]1c1ccccc1. The molecule has 0 aromatic heterocycles. The Hall–Kier alpha value is -2.42. The predicted octanol–water partition coefficient (Wildman–Crippen LogP) is 3.62. The van der Waals surface area contributed by atoms with Gasteiger partial charge in [0.25, 0.3) is 11.8 Å². The van der Waals surface area contributed by atoms with Crippen LogP contribution in [0.15, 0.2) is 54.6 Å². The molecule has 2 atom stereocenters. The van der Waals surface area contributed by atoms with Gasteiger partial charge in [0.1, 0.15) is 0 Å². The summed E-state index contributed by atoms with van der Waals surface area (Å²) < 4.78 is 0. The molecule has 0 spiro atoms. The number of benzene rings is 2. The number of imide groups is 1. The van der Waals surface area contributed by atoms with E-state index in [9.17, 15) is 9.59 Å². The van der Waals surface area contributed by atoms with Gasteiger partial charge in [-0.05, 0) is 30.5 Å². The van der Waals surface area contributed by atoms with Crippen LogP contribution >= 0.6 is 0 Å². The standard InChI is InChI=1S/C19H17NO2/c21-18-15-9-4-5-10-16(15)19(22)20(18)17-12-6-11-14(17)13-7-2-1-3-8-13/h1-5,7-10,14,17H,6,11-12H2/t14-,17-/m1/s1. The van der Waals surface area contributed by atoms with E-state index in [1.54, 1.807) is 12.1 Å². The molecule has 22 heavy (non-hydrogen) atoms. The molecule has 2 aromatic carbocycles. The van der Waals surface area contributed by atoms with Crippen LogP contribution < -0.4 is 0 Å². The van der Waals surface area contributed by atoms with E-state index in [-0.39, 0.29) is 23.8 Å². The first kappa shape index (κ1) is 13.3. The first-order valence-corrected chi connectivity index (χ1v) is 7.79. The minimum Gasteiger partial charge on any atom is -0.271 e. The molecule has 1 fully saturated rings. The van der Waals surface area contributed by atoms with E-state index in [2.05, 4.69) is 12.1 Å². The molecule has 1 saturated carbocycles. The quantitative estimate of drug-likeness (QED) is 0.792. The highest BCUT2D eigenvalue weighted by Crippen LogP contribution is 2.40. The highest BCUT2D eigenvalue weighted by molar-refractivity contribution is 6.21. The fourth-order valence-corrected chi connectivity index (χ4v) is 3.85. The summed E-state index contributed by atoms with van der Waals surface area (Å²) in [5.41, 5.74) is 2.32. The van der Waals surface area contributed by atoms with E-state index in [0.717, 1.165) is 19.3 Å². The first-order chi connectivity index (χ1) is 10.8. The normalized spacial score (nSPS) is 23.9. The lowest BCUT2D eigenvalue weighted by atomic mass is 9.93. The molecule has 2 aliphatic rings. The molecule has 110 valence electrons. The lowest BCUT2D eigenvalue weighted by Gasteiger charge is -2.28. The third-order valence-electron chi connectivity index (χ3n) is 4.86. The molecule has 0 bridgehead atoms. The average molecular weight is 291 g/mol. The molecule has 2 amide bonds. The van der Waals surface area contributed by atoms with Crippen LogP contribution in [0.5, 0.6) is 0 Å². The fraction of sp³-hybridized carbons (Fsp3) is 0.263. The van der Waals surface area contributed by atoms with Gasteiger partial charge in [-0.2, -0.15) is 0 Å². The number of hydrogen-bond acceptors (Lipinski definition) is 2. The van der Waals surface area contributed by atoms with Crippen LogP contribution in [0.2, 0.25) is 0 Å². The Bertz CT molecular complexity index is 703. The molecular formula is C19H17NO2. The van der Waals surface area contributed by atoms with Gasteiger partial charge in [0.15, 0.2) is 0 Å². The molecular weight excluding hydrogens is 274 g/mol. The maximum absolute atomic E-state index is 12.7. The highest BCUT2D eigenvalue weighted by atomic mass is 16.2. The van der Waals surface area contributed by atoms with Gasteiger partial charge in [0.2, 0.25) is 0 Å². The number of amides is 2. The van der Waals surface area contributed by atoms with Crippen LogP contribution in [0.3, 0.4) is 0 Å². The molecule has 0 unspecified atom stereocenters. The minimum atomic E-state index is -0.131. The summed E-state index contributed by atoms with van der Waals surface area (Å²) >= 11 is 0.